The standard InChI is InChI=1S/2C7H8O2.Cr/c2*1-9-7-4-2-6(8)3-5-7;/h2*2-5,8H,1H3;. The van der Waals surface area contributed by atoms with Crippen molar-refractivity contribution in [3.8, 4) is 23.0 Å². The second-order valence-electron chi connectivity index (χ2n) is 3.40. The Balaban J connectivity index is 0.000000324. The fourth-order valence-electron chi connectivity index (χ4n) is 1.16. The smallest absolute Gasteiger partial charge is 0.119 e. The first-order chi connectivity index (χ1) is 8.65. The van der Waals surface area contributed by atoms with Crippen molar-refractivity contribution in [2.24, 2.45) is 0 Å². The van der Waals surface area contributed by atoms with Crippen LogP contribution < -0.4 is 9.47 Å². The molecule has 2 aromatic carbocycles. The maximum absolute atomic E-state index is 8.80. The van der Waals surface area contributed by atoms with Gasteiger partial charge in [0.15, 0.2) is 0 Å². The predicted octanol–water partition coefficient (Wildman–Crippen LogP) is 2.80. The number of rotatable bonds is 2. The molecular weight excluding hydrogens is 284 g/mol. The summed E-state index contributed by atoms with van der Waals surface area (Å²) in [5.74, 6) is 2.03. The summed E-state index contributed by atoms with van der Waals surface area (Å²) in [6, 6.07) is 13.1. The number of phenols is 2. The number of ether oxygens (including phenoxy) is 2. The monoisotopic (exact) mass is 300 g/mol. The van der Waals surface area contributed by atoms with Crippen molar-refractivity contribution in [2.45, 2.75) is 0 Å². The van der Waals surface area contributed by atoms with Gasteiger partial charge in [0.1, 0.15) is 23.0 Å². The normalized spacial score (nSPS) is 8.53. The van der Waals surface area contributed by atoms with Gasteiger partial charge in [0.25, 0.3) is 0 Å². The Labute approximate surface area is 123 Å². The first-order valence-corrected chi connectivity index (χ1v) is 5.31. The summed E-state index contributed by atoms with van der Waals surface area (Å²) in [4.78, 5) is 0. The second kappa shape index (κ2) is 9.15. The molecule has 0 aromatic heterocycles. The van der Waals surface area contributed by atoms with E-state index in [1.54, 1.807) is 62.8 Å². The maximum Gasteiger partial charge on any atom is 0.119 e. The van der Waals surface area contributed by atoms with Gasteiger partial charge in [-0.2, -0.15) is 0 Å². The molecule has 4 nitrogen and oxygen atoms in total. The summed E-state index contributed by atoms with van der Waals surface area (Å²) in [6.45, 7) is 0. The Morgan fingerprint density at radius 1 is 0.632 bits per heavy atom. The van der Waals surface area contributed by atoms with Gasteiger partial charge in [0, 0.05) is 17.4 Å². The third-order valence-corrected chi connectivity index (χ3v) is 2.14. The van der Waals surface area contributed by atoms with E-state index in [2.05, 4.69) is 0 Å². The zero-order chi connectivity index (χ0) is 13.4. The molecule has 5 heteroatoms. The molecule has 19 heavy (non-hydrogen) atoms. The van der Waals surface area contributed by atoms with Crippen molar-refractivity contribution in [1.82, 2.24) is 0 Å². The van der Waals surface area contributed by atoms with E-state index in [1.165, 1.54) is 0 Å². The van der Waals surface area contributed by atoms with Crippen LogP contribution >= 0.6 is 0 Å². The van der Waals surface area contributed by atoms with E-state index in [-0.39, 0.29) is 28.9 Å². The van der Waals surface area contributed by atoms with Crippen LogP contribution in [0.25, 0.3) is 0 Å². The van der Waals surface area contributed by atoms with Crippen molar-refractivity contribution in [1.29, 1.82) is 0 Å². The second-order valence-corrected chi connectivity index (χ2v) is 3.40. The Bertz CT molecular complexity index is 408. The van der Waals surface area contributed by atoms with Crippen LogP contribution in [0.3, 0.4) is 0 Å². The third-order valence-electron chi connectivity index (χ3n) is 2.14. The van der Waals surface area contributed by atoms with E-state index in [4.69, 9.17) is 19.7 Å². The molecular formula is C14H16CrO4. The Morgan fingerprint density at radius 3 is 1.11 bits per heavy atom. The molecule has 0 aliphatic carbocycles. The van der Waals surface area contributed by atoms with Crippen LogP contribution in [0.4, 0.5) is 0 Å². The van der Waals surface area contributed by atoms with Gasteiger partial charge in [-0.15, -0.1) is 0 Å². The number of hydrogen-bond acceptors (Lipinski definition) is 4. The molecule has 2 rings (SSSR count). The topological polar surface area (TPSA) is 58.9 Å². The average Bonchev–Trinajstić information content (AvgIpc) is 2.41. The van der Waals surface area contributed by atoms with Crippen LogP contribution in [-0.2, 0) is 17.4 Å². The van der Waals surface area contributed by atoms with E-state index >= 15 is 0 Å². The molecule has 0 unspecified atom stereocenters. The quantitative estimate of drug-likeness (QED) is 0.895. The summed E-state index contributed by atoms with van der Waals surface area (Å²) in [7, 11) is 3.18. The van der Waals surface area contributed by atoms with E-state index in [0.717, 1.165) is 11.5 Å². The van der Waals surface area contributed by atoms with Gasteiger partial charge in [-0.05, 0) is 48.5 Å². The first-order valence-electron chi connectivity index (χ1n) is 5.31. The SMILES string of the molecule is COc1ccc(O)cc1.COc1ccc(O)cc1.[Cr]. The van der Waals surface area contributed by atoms with Crippen molar-refractivity contribution >= 4 is 0 Å². The largest absolute Gasteiger partial charge is 0.508 e. The molecule has 0 saturated heterocycles. The Morgan fingerprint density at radius 2 is 0.895 bits per heavy atom. The first kappa shape index (κ1) is 17.2. The van der Waals surface area contributed by atoms with Gasteiger partial charge < -0.3 is 19.7 Å². The average molecular weight is 300 g/mol. The molecule has 102 valence electrons. The number of methoxy groups -OCH3 is 2. The molecule has 0 aliphatic rings. The molecule has 0 atom stereocenters. The van der Waals surface area contributed by atoms with Crippen molar-refractivity contribution in [2.75, 3.05) is 14.2 Å². The maximum atomic E-state index is 8.80. The van der Waals surface area contributed by atoms with E-state index in [1.807, 2.05) is 0 Å². The van der Waals surface area contributed by atoms with Crippen LogP contribution in [0.2, 0.25) is 0 Å². The minimum absolute atomic E-state index is 0. The number of phenolic OH excluding ortho intramolecular Hbond substituents is 2. The van der Waals surface area contributed by atoms with Gasteiger partial charge in [0.2, 0.25) is 0 Å². The summed E-state index contributed by atoms with van der Waals surface area (Å²) in [5, 5.41) is 17.6. The fourth-order valence-corrected chi connectivity index (χ4v) is 1.16. The van der Waals surface area contributed by atoms with E-state index in [9.17, 15) is 0 Å². The molecule has 2 N–H and O–H groups in total. The number of benzene rings is 2. The van der Waals surface area contributed by atoms with Gasteiger partial charge in [-0.25, -0.2) is 0 Å². The third kappa shape index (κ3) is 6.61. The molecule has 0 spiro atoms. The van der Waals surface area contributed by atoms with E-state index < -0.39 is 0 Å². The summed E-state index contributed by atoms with van der Waals surface area (Å²) < 4.78 is 9.72. The molecule has 0 fully saturated rings. The molecule has 0 radical (unpaired) electrons. The minimum atomic E-state index is 0. The molecule has 0 aliphatic heterocycles. The van der Waals surface area contributed by atoms with Crippen LogP contribution in [0.15, 0.2) is 48.5 Å². The van der Waals surface area contributed by atoms with E-state index in [0.29, 0.717) is 0 Å². The minimum Gasteiger partial charge on any atom is -0.508 e. The van der Waals surface area contributed by atoms with Crippen LogP contribution in [0, 0.1) is 0 Å². The van der Waals surface area contributed by atoms with Crippen LogP contribution in [0.1, 0.15) is 0 Å². The zero-order valence-corrected chi connectivity index (χ0v) is 12.0. The molecule has 0 heterocycles. The Kier molecular flexibility index (Phi) is 8.27. The number of hydrogen-bond donors (Lipinski definition) is 2. The van der Waals surface area contributed by atoms with Crippen molar-refractivity contribution < 1.29 is 37.0 Å². The number of aromatic hydroxyl groups is 2. The Hall–Kier alpha value is -1.83. The predicted molar refractivity (Wildman–Crippen MR) is 69.3 cm³/mol. The molecule has 2 aromatic rings. The van der Waals surface area contributed by atoms with Crippen molar-refractivity contribution in [3.05, 3.63) is 48.5 Å². The summed E-state index contributed by atoms with van der Waals surface area (Å²) in [6.07, 6.45) is 0. The summed E-state index contributed by atoms with van der Waals surface area (Å²) in [5.41, 5.74) is 0. The van der Waals surface area contributed by atoms with Crippen molar-refractivity contribution in [3.63, 3.8) is 0 Å². The summed E-state index contributed by atoms with van der Waals surface area (Å²) >= 11 is 0. The van der Waals surface area contributed by atoms with Crippen LogP contribution in [0.5, 0.6) is 23.0 Å². The van der Waals surface area contributed by atoms with Gasteiger partial charge >= 0.3 is 0 Å². The molecule has 0 bridgehead atoms. The fraction of sp³-hybridized carbons (Fsp3) is 0.143. The van der Waals surface area contributed by atoms with Gasteiger partial charge in [0.05, 0.1) is 14.2 Å². The molecule has 0 saturated carbocycles. The van der Waals surface area contributed by atoms with Gasteiger partial charge in [-0.1, -0.05) is 0 Å². The molecule has 0 amide bonds. The zero-order valence-electron chi connectivity index (χ0n) is 10.7. The van der Waals surface area contributed by atoms with Crippen LogP contribution in [-0.4, -0.2) is 24.4 Å². The van der Waals surface area contributed by atoms with Gasteiger partial charge in [-0.3, -0.25) is 0 Å².